The summed E-state index contributed by atoms with van der Waals surface area (Å²) in [5.41, 5.74) is 1.88. The molecule has 1 N–H and O–H groups in total. The zero-order valence-electron chi connectivity index (χ0n) is 17.1. The second kappa shape index (κ2) is 9.48. The van der Waals surface area contributed by atoms with Crippen molar-refractivity contribution in [3.8, 4) is 0 Å². The molecule has 1 aromatic heterocycles. The van der Waals surface area contributed by atoms with E-state index in [-0.39, 0.29) is 30.2 Å². The summed E-state index contributed by atoms with van der Waals surface area (Å²) in [6, 6.07) is 12.4. The second-order valence-corrected chi connectivity index (χ2v) is 8.69. The van der Waals surface area contributed by atoms with Gasteiger partial charge in [0.1, 0.15) is 0 Å². The molecule has 8 heteroatoms. The molecule has 0 saturated carbocycles. The van der Waals surface area contributed by atoms with Crippen LogP contribution in [0.5, 0.6) is 0 Å². The van der Waals surface area contributed by atoms with Crippen molar-refractivity contribution in [2.24, 2.45) is 0 Å². The third-order valence-corrected chi connectivity index (χ3v) is 6.26. The van der Waals surface area contributed by atoms with Crippen molar-refractivity contribution in [3.63, 3.8) is 0 Å². The van der Waals surface area contributed by atoms with Gasteiger partial charge in [-0.05, 0) is 59.7 Å². The van der Waals surface area contributed by atoms with Crippen LogP contribution >= 0.6 is 11.8 Å². The Bertz CT molecular complexity index is 1260. The van der Waals surface area contributed by atoms with E-state index in [4.69, 9.17) is 0 Å². The van der Waals surface area contributed by atoms with Gasteiger partial charge in [-0.15, -0.1) is 11.8 Å². The van der Waals surface area contributed by atoms with Crippen molar-refractivity contribution < 1.29 is 18.4 Å². The number of rotatable bonds is 8. The Balaban J connectivity index is 1.34. The van der Waals surface area contributed by atoms with E-state index in [1.807, 2.05) is 18.2 Å². The Morgan fingerprint density at radius 3 is 2.72 bits per heavy atom. The quantitative estimate of drug-likeness (QED) is 0.311. The van der Waals surface area contributed by atoms with Crippen molar-refractivity contribution in [3.05, 3.63) is 93.4 Å². The normalized spacial score (nSPS) is 12.5. The Labute approximate surface area is 187 Å². The number of pyridine rings is 1. The maximum absolute atomic E-state index is 13.4. The summed E-state index contributed by atoms with van der Waals surface area (Å²) < 4.78 is 27.9. The van der Waals surface area contributed by atoms with E-state index < -0.39 is 17.2 Å². The molecule has 0 fully saturated rings. The number of benzene rings is 2. The monoisotopic (exact) mass is 454 g/mol. The average molecular weight is 454 g/mol. The number of fused-ring (bicyclic) bond motifs is 1. The summed E-state index contributed by atoms with van der Waals surface area (Å²) >= 11 is 1.58. The van der Waals surface area contributed by atoms with Gasteiger partial charge in [-0.3, -0.25) is 14.4 Å². The van der Waals surface area contributed by atoms with Crippen molar-refractivity contribution in [2.75, 3.05) is 11.1 Å². The van der Waals surface area contributed by atoms with Crippen molar-refractivity contribution in [2.45, 2.75) is 30.7 Å². The van der Waals surface area contributed by atoms with E-state index >= 15 is 0 Å². The van der Waals surface area contributed by atoms with Gasteiger partial charge >= 0.3 is 0 Å². The Hall–Kier alpha value is -3.26. The molecule has 0 atom stereocenters. The summed E-state index contributed by atoms with van der Waals surface area (Å²) in [6.07, 6.45) is 2.73. The maximum Gasteiger partial charge on any atom is 0.261 e. The lowest BCUT2D eigenvalue weighted by atomic mass is 10.1. The number of hydrogen-bond acceptors (Lipinski definition) is 4. The number of thioether (sulfide) groups is 1. The van der Waals surface area contributed by atoms with Gasteiger partial charge in [0.15, 0.2) is 17.4 Å². The highest BCUT2D eigenvalue weighted by Crippen LogP contribution is 2.29. The number of ketones is 1. The summed E-state index contributed by atoms with van der Waals surface area (Å²) in [7, 11) is 0. The molecule has 3 aromatic rings. The van der Waals surface area contributed by atoms with Crippen LogP contribution in [0, 0.1) is 11.6 Å². The highest BCUT2D eigenvalue weighted by atomic mass is 32.2. The minimum Gasteiger partial charge on any atom is -0.325 e. The number of carbonyl (C=O) groups is 2. The average Bonchev–Trinajstić information content (AvgIpc) is 3.14. The highest BCUT2D eigenvalue weighted by Gasteiger charge is 2.17. The summed E-state index contributed by atoms with van der Waals surface area (Å²) in [4.78, 5) is 37.7. The molecule has 1 amide bonds. The standard InChI is InChI=1S/C24H20F2N2O3S/c25-19-8-5-15(11-20(19)26)14-28-9-1-3-18(24(28)31)22(29)4-2-10-32-17-7-6-16-12-23(30)27-21(16)13-17/h1,3,5-9,11,13H,2,4,10,12,14H2,(H,27,30). The van der Waals surface area contributed by atoms with E-state index in [0.29, 0.717) is 24.2 Å². The van der Waals surface area contributed by atoms with Gasteiger partial charge in [0.25, 0.3) is 5.56 Å². The number of halogens is 2. The number of amides is 1. The predicted octanol–water partition coefficient (Wildman–Crippen LogP) is 4.42. The number of hydrogen-bond donors (Lipinski definition) is 1. The molecule has 1 aliphatic heterocycles. The maximum atomic E-state index is 13.4. The van der Waals surface area contributed by atoms with E-state index in [1.165, 1.54) is 22.9 Å². The first-order valence-corrected chi connectivity index (χ1v) is 11.1. The Morgan fingerprint density at radius 1 is 1.06 bits per heavy atom. The number of Topliss-reactive ketones (excluding diaryl/α,β-unsaturated/α-hetero) is 1. The lowest BCUT2D eigenvalue weighted by Crippen LogP contribution is -2.26. The van der Waals surface area contributed by atoms with Crippen LogP contribution in [-0.4, -0.2) is 22.0 Å². The van der Waals surface area contributed by atoms with Crippen LogP contribution in [0.2, 0.25) is 0 Å². The molecule has 32 heavy (non-hydrogen) atoms. The van der Waals surface area contributed by atoms with Crippen LogP contribution in [0.4, 0.5) is 14.5 Å². The predicted molar refractivity (Wildman–Crippen MR) is 119 cm³/mol. The smallest absolute Gasteiger partial charge is 0.261 e. The van der Waals surface area contributed by atoms with Crippen molar-refractivity contribution in [1.29, 1.82) is 0 Å². The molecule has 0 saturated heterocycles. The number of nitrogens with one attached hydrogen (secondary N) is 1. The second-order valence-electron chi connectivity index (χ2n) is 7.52. The molecule has 0 bridgehead atoms. The molecule has 0 spiro atoms. The molecule has 2 aromatic carbocycles. The molecule has 164 valence electrons. The zero-order valence-corrected chi connectivity index (χ0v) is 17.9. The van der Waals surface area contributed by atoms with Gasteiger partial charge < -0.3 is 9.88 Å². The van der Waals surface area contributed by atoms with Gasteiger partial charge in [-0.1, -0.05) is 12.1 Å². The first kappa shape index (κ1) is 22.0. The van der Waals surface area contributed by atoms with Gasteiger partial charge in [-0.2, -0.15) is 0 Å². The molecular formula is C24H20F2N2O3S. The molecule has 2 heterocycles. The summed E-state index contributed by atoms with van der Waals surface area (Å²) in [6.45, 7) is 0.0435. The Kier molecular flexibility index (Phi) is 6.50. The van der Waals surface area contributed by atoms with Crippen LogP contribution in [0.25, 0.3) is 0 Å². The van der Waals surface area contributed by atoms with E-state index in [9.17, 15) is 23.2 Å². The van der Waals surface area contributed by atoms with Gasteiger partial charge in [-0.25, -0.2) is 8.78 Å². The molecule has 0 radical (unpaired) electrons. The third kappa shape index (κ3) is 4.96. The lowest BCUT2D eigenvalue weighted by molar-refractivity contribution is -0.115. The number of nitrogens with zero attached hydrogens (tertiary/aromatic N) is 1. The number of aromatic nitrogens is 1. The molecule has 5 nitrogen and oxygen atoms in total. The van der Waals surface area contributed by atoms with Crippen LogP contribution < -0.4 is 10.9 Å². The van der Waals surface area contributed by atoms with E-state index in [1.54, 1.807) is 17.8 Å². The summed E-state index contributed by atoms with van der Waals surface area (Å²) in [5, 5.41) is 2.82. The van der Waals surface area contributed by atoms with Crippen molar-refractivity contribution >= 4 is 29.1 Å². The zero-order chi connectivity index (χ0) is 22.7. The van der Waals surface area contributed by atoms with Crippen molar-refractivity contribution in [1.82, 2.24) is 4.57 Å². The van der Waals surface area contributed by atoms with Crippen LogP contribution in [0.15, 0.2) is 64.4 Å². The molecule has 0 unspecified atom stereocenters. The fourth-order valence-electron chi connectivity index (χ4n) is 3.55. The Morgan fingerprint density at radius 2 is 1.91 bits per heavy atom. The minimum atomic E-state index is -0.981. The van der Waals surface area contributed by atoms with Gasteiger partial charge in [0.2, 0.25) is 5.91 Å². The minimum absolute atomic E-state index is 0.00849. The first-order valence-electron chi connectivity index (χ1n) is 10.1. The largest absolute Gasteiger partial charge is 0.325 e. The lowest BCUT2D eigenvalue weighted by Gasteiger charge is -2.09. The molecule has 1 aliphatic rings. The number of carbonyl (C=O) groups excluding carboxylic acids is 2. The molecule has 0 aliphatic carbocycles. The van der Waals surface area contributed by atoms with Crippen LogP contribution in [-0.2, 0) is 17.8 Å². The topological polar surface area (TPSA) is 68.2 Å². The number of anilines is 1. The molecular weight excluding hydrogens is 434 g/mol. The molecule has 4 rings (SSSR count). The van der Waals surface area contributed by atoms with Crippen LogP contribution in [0.1, 0.15) is 34.3 Å². The highest BCUT2D eigenvalue weighted by molar-refractivity contribution is 7.99. The van der Waals surface area contributed by atoms with Crippen LogP contribution in [0.3, 0.4) is 0 Å². The van der Waals surface area contributed by atoms with E-state index in [0.717, 1.165) is 28.3 Å². The first-order chi connectivity index (χ1) is 15.4. The van der Waals surface area contributed by atoms with E-state index in [2.05, 4.69) is 5.32 Å². The summed E-state index contributed by atoms with van der Waals surface area (Å²) in [5.74, 6) is -1.50. The fourth-order valence-corrected chi connectivity index (χ4v) is 4.44. The SMILES string of the molecule is O=C1Cc2ccc(SCCCC(=O)c3cccn(Cc4ccc(F)c(F)c4)c3=O)cc2N1. The van der Waals surface area contributed by atoms with Gasteiger partial charge in [0, 0.05) is 23.2 Å². The fraction of sp³-hybridized carbons (Fsp3) is 0.208. The van der Waals surface area contributed by atoms with Gasteiger partial charge in [0.05, 0.1) is 18.5 Å². The third-order valence-electron chi connectivity index (χ3n) is 5.18.